The molecule has 1 amide bonds. The zero-order chi connectivity index (χ0) is 23.9. The summed E-state index contributed by atoms with van der Waals surface area (Å²) in [6, 6.07) is 13.7. The summed E-state index contributed by atoms with van der Waals surface area (Å²) in [7, 11) is 0. The van der Waals surface area contributed by atoms with Gasteiger partial charge in [0.1, 0.15) is 0 Å². The van der Waals surface area contributed by atoms with E-state index in [-0.39, 0.29) is 11.8 Å². The van der Waals surface area contributed by atoms with Crippen molar-refractivity contribution in [3.05, 3.63) is 69.5 Å². The van der Waals surface area contributed by atoms with Crippen molar-refractivity contribution in [2.75, 3.05) is 25.4 Å². The summed E-state index contributed by atoms with van der Waals surface area (Å²) in [5.74, 6) is 2.90. The fraction of sp³-hybridized carbons (Fsp3) is 0.400. The minimum atomic E-state index is -0.0244. The SMILES string of the molecule is Cc1cccc(CSCCNC(=O)C2CCCN(Cc3nc(-c4ccc(Cl)cc4Cl)no3)C2)c1. The molecule has 1 aliphatic rings. The van der Waals surface area contributed by atoms with E-state index in [4.69, 9.17) is 27.7 Å². The summed E-state index contributed by atoms with van der Waals surface area (Å²) in [5, 5.41) is 8.20. The highest BCUT2D eigenvalue weighted by molar-refractivity contribution is 7.98. The number of likely N-dealkylation sites (tertiary alicyclic amines) is 1. The van der Waals surface area contributed by atoms with E-state index in [0.29, 0.717) is 47.0 Å². The minimum Gasteiger partial charge on any atom is -0.355 e. The molecule has 0 saturated carbocycles. The number of hydrogen-bond acceptors (Lipinski definition) is 6. The number of piperidine rings is 1. The highest BCUT2D eigenvalue weighted by Crippen LogP contribution is 2.28. The average Bonchev–Trinajstić information content (AvgIpc) is 3.27. The molecule has 1 aliphatic heterocycles. The van der Waals surface area contributed by atoms with Gasteiger partial charge in [-0.15, -0.1) is 0 Å². The van der Waals surface area contributed by atoms with E-state index in [2.05, 4.69) is 51.5 Å². The Morgan fingerprint density at radius 2 is 2.15 bits per heavy atom. The number of halogens is 2. The molecule has 6 nitrogen and oxygen atoms in total. The molecule has 1 atom stereocenters. The monoisotopic (exact) mass is 518 g/mol. The Morgan fingerprint density at radius 3 is 2.97 bits per heavy atom. The lowest BCUT2D eigenvalue weighted by atomic mass is 9.97. The van der Waals surface area contributed by atoms with Crippen LogP contribution in [0.1, 0.15) is 29.9 Å². The lowest BCUT2D eigenvalue weighted by Gasteiger charge is -2.30. The molecule has 2 aromatic carbocycles. The highest BCUT2D eigenvalue weighted by Gasteiger charge is 2.26. The van der Waals surface area contributed by atoms with Crippen LogP contribution in [0.25, 0.3) is 11.4 Å². The smallest absolute Gasteiger partial charge is 0.241 e. The van der Waals surface area contributed by atoms with Crippen LogP contribution >= 0.6 is 35.0 Å². The van der Waals surface area contributed by atoms with Crippen LogP contribution in [0.2, 0.25) is 10.0 Å². The number of aryl methyl sites for hydroxylation is 1. The summed E-state index contributed by atoms with van der Waals surface area (Å²) >= 11 is 14.1. The number of aromatic nitrogens is 2. The van der Waals surface area contributed by atoms with Gasteiger partial charge in [0.05, 0.1) is 17.5 Å². The molecule has 3 aromatic rings. The van der Waals surface area contributed by atoms with E-state index in [1.54, 1.807) is 18.2 Å². The lowest BCUT2D eigenvalue weighted by Crippen LogP contribution is -2.43. The number of benzene rings is 2. The number of nitrogens with one attached hydrogen (secondary N) is 1. The lowest BCUT2D eigenvalue weighted by molar-refractivity contribution is -0.126. The number of carbonyl (C=O) groups is 1. The average molecular weight is 519 g/mol. The molecule has 180 valence electrons. The fourth-order valence-corrected chi connectivity index (χ4v) is 5.39. The second-order valence-corrected chi connectivity index (χ2v) is 10.5. The topological polar surface area (TPSA) is 71.3 Å². The number of carbonyl (C=O) groups excluding carboxylic acids is 1. The van der Waals surface area contributed by atoms with Crippen LogP contribution in [0.3, 0.4) is 0 Å². The highest BCUT2D eigenvalue weighted by atomic mass is 35.5. The van der Waals surface area contributed by atoms with Crippen LogP contribution in [0.5, 0.6) is 0 Å². The quantitative estimate of drug-likeness (QED) is 0.371. The number of rotatable bonds is 9. The first-order valence-electron chi connectivity index (χ1n) is 11.4. The Bertz CT molecular complexity index is 1120. The van der Waals surface area contributed by atoms with Gasteiger partial charge in [-0.2, -0.15) is 16.7 Å². The molecule has 9 heteroatoms. The predicted molar refractivity (Wildman–Crippen MR) is 138 cm³/mol. The summed E-state index contributed by atoms with van der Waals surface area (Å²) < 4.78 is 5.44. The maximum Gasteiger partial charge on any atom is 0.241 e. The fourth-order valence-electron chi connectivity index (χ4n) is 4.09. The van der Waals surface area contributed by atoms with E-state index in [0.717, 1.165) is 30.9 Å². The van der Waals surface area contributed by atoms with Gasteiger partial charge < -0.3 is 9.84 Å². The molecule has 1 saturated heterocycles. The molecule has 0 aliphatic carbocycles. The molecule has 1 fully saturated rings. The van der Waals surface area contributed by atoms with E-state index in [1.165, 1.54) is 11.1 Å². The number of nitrogens with zero attached hydrogens (tertiary/aromatic N) is 3. The molecular weight excluding hydrogens is 491 g/mol. The number of thioether (sulfide) groups is 1. The van der Waals surface area contributed by atoms with Gasteiger partial charge >= 0.3 is 0 Å². The van der Waals surface area contributed by atoms with Crippen LogP contribution in [0.15, 0.2) is 47.0 Å². The van der Waals surface area contributed by atoms with Gasteiger partial charge in [0.15, 0.2) is 0 Å². The molecule has 1 unspecified atom stereocenters. The molecule has 2 heterocycles. The van der Waals surface area contributed by atoms with Gasteiger partial charge in [0.25, 0.3) is 0 Å². The third-order valence-electron chi connectivity index (χ3n) is 5.77. The molecule has 1 N–H and O–H groups in total. The molecule has 4 rings (SSSR count). The van der Waals surface area contributed by atoms with Crippen LogP contribution < -0.4 is 5.32 Å². The summed E-state index contributed by atoms with van der Waals surface area (Å²) in [6.45, 7) is 4.88. The van der Waals surface area contributed by atoms with Crippen molar-refractivity contribution in [1.82, 2.24) is 20.4 Å². The predicted octanol–water partition coefficient (Wildman–Crippen LogP) is 5.61. The Labute approximate surface area is 214 Å². The molecule has 34 heavy (non-hydrogen) atoms. The largest absolute Gasteiger partial charge is 0.355 e. The third kappa shape index (κ3) is 6.98. The van der Waals surface area contributed by atoms with Gasteiger partial charge in [-0.25, -0.2) is 0 Å². The van der Waals surface area contributed by atoms with E-state index in [1.807, 2.05) is 11.8 Å². The zero-order valence-electron chi connectivity index (χ0n) is 19.1. The van der Waals surface area contributed by atoms with Crippen molar-refractivity contribution in [3.8, 4) is 11.4 Å². The molecule has 0 spiro atoms. The Balaban J connectivity index is 1.21. The van der Waals surface area contributed by atoms with Gasteiger partial charge in [-0.05, 0) is 50.1 Å². The van der Waals surface area contributed by atoms with Gasteiger partial charge in [-0.3, -0.25) is 9.69 Å². The zero-order valence-corrected chi connectivity index (χ0v) is 21.4. The van der Waals surface area contributed by atoms with Gasteiger partial charge in [-0.1, -0.05) is 58.2 Å². The first-order valence-corrected chi connectivity index (χ1v) is 13.3. The molecule has 1 aromatic heterocycles. The van der Waals surface area contributed by atoms with Crippen molar-refractivity contribution < 1.29 is 9.32 Å². The standard InChI is InChI=1S/C25H28Cl2N4O2S/c1-17-4-2-5-18(12-17)16-34-11-9-28-25(32)19-6-3-10-31(14-19)15-23-29-24(30-33-23)21-8-7-20(26)13-22(21)27/h2,4-5,7-8,12-13,19H,3,6,9-11,14-16H2,1H3,(H,28,32). The van der Waals surface area contributed by atoms with Gasteiger partial charge in [0, 0.05) is 35.2 Å². The first kappa shape index (κ1) is 25.0. The summed E-state index contributed by atoms with van der Waals surface area (Å²) in [4.78, 5) is 19.4. The van der Waals surface area contributed by atoms with E-state index >= 15 is 0 Å². The maximum absolute atomic E-state index is 12.7. The van der Waals surface area contributed by atoms with Crippen LogP contribution in [0.4, 0.5) is 0 Å². The van der Waals surface area contributed by atoms with Crippen LogP contribution in [-0.4, -0.2) is 46.3 Å². The number of hydrogen-bond donors (Lipinski definition) is 1. The van der Waals surface area contributed by atoms with Crippen molar-refractivity contribution in [1.29, 1.82) is 0 Å². The summed E-state index contributed by atoms with van der Waals surface area (Å²) in [5.41, 5.74) is 3.28. The Morgan fingerprint density at radius 1 is 1.26 bits per heavy atom. The Kier molecular flexibility index (Phi) is 8.89. The molecular formula is C25H28Cl2N4O2S. The second-order valence-electron chi connectivity index (χ2n) is 8.54. The Hall–Kier alpha value is -2.06. The summed E-state index contributed by atoms with van der Waals surface area (Å²) in [6.07, 6.45) is 1.86. The molecule has 0 radical (unpaired) electrons. The van der Waals surface area contributed by atoms with E-state index in [9.17, 15) is 4.79 Å². The number of amides is 1. The van der Waals surface area contributed by atoms with Crippen LogP contribution in [-0.2, 0) is 17.1 Å². The normalized spacial score (nSPS) is 16.5. The first-order chi connectivity index (χ1) is 16.5. The van der Waals surface area contributed by atoms with Gasteiger partial charge in [0.2, 0.25) is 17.6 Å². The van der Waals surface area contributed by atoms with Crippen LogP contribution in [0, 0.1) is 12.8 Å². The third-order valence-corrected chi connectivity index (χ3v) is 7.35. The maximum atomic E-state index is 12.7. The van der Waals surface area contributed by atoms with Crippen molar-refractivity contribution in [2.45, 2.75) is 32.1 Å². The van der Waals surface area contributed by atoms with Crippen molar-refractivity contribution >= 4 is 40.9 Å². The minimum absolute atomic E-state index is 0.0244. The molecule has 0 bridgehead atoms. The van der Waals surface area contributed by atoms with Crippen molar-refractivity contribution in [3.63, 3.8) is 0 Å². The van der Waals surface area contributed by atoms with Crippen molar-refractivity contribution in [2.24, 2.45) is 5.92 Å². The van der Waals surface area contributed by atoms with E-state index < -0.39 is 0 Å². The second kappa shape index (κ2) is 12.1.